The number of carbonyl (C=O) groups is 2. The molecule has 2 aromatic rings. The molecule has 152 valence electrons. The maximum absolute atomic E-state index is 12.3. The Hall–Kier alpha value is -3.04. The second kappa shape index (κ2) is 8.54. The number of benzene rings is 2. The van der Waals surface area contributed by atoms with E-state index in [1.165, 1.54) is 43.4 Å². The number of carbonyl (C=O) groups excluding carboxylic acids is 2. The Balaban J connectivity index is 1.63. The first-order valence-electron chi connectivity index (χ1n) is 8.92. The van der Waals surface area contributed by atoms with E-state index in [0.29, 0.717) is 13.0 Å². The van der Waals surface area contributed by atoms with E-state index in [9.17, 15) is 18.0 Å². The van der Waals surface area contributed by atoms with Crippen molar-refractivity contribution in [3.05, 3.63) is 65.7 Å². The van der Waals surface area contributed by atoms with E-state index in [0.717, 1.165) is 15.6 Å². The molecule has 3 rings (SSSR count). The Labute approximate surface area is 169 Å². The zero-order valence-corrected chi connectivity index (χ0v) is 16.9. The molecule has 0 atom stereocenters. The Bertz CT molecular complexity index is 1050. The van der Waals surface area contributed by atoms with Gasteiger partial charge >= 0.3 is 5.97 Å². The van der Waals surface area contributed by atoms with E-state index in [1.54, 1.807) is 0 Å². The third kappa shape index (κ3) is 4.69. The predicted octanol–water partition coefficient (Wildman–Crippen LogP) is 1.73. The lowest BCUT2D eigenvalue weighted by Crippen LogP contribution is -2.29. The van der Waals surface area contributed by atoms with Crippen molar-refractivity contribution in [3.63, 3.8) is 0 Å². The van der Waals surface area contributed by atoms with Crippen molar-refractivity contribution in [3.8, 4) is 0 Å². The van der Waals surface area contributed by atoms with Crippen LogP contribution in [-0.2, 0) is 19.6 Å². The number of ether oxygens (including phenoxy) is 1. The number of amides is 1. The zero-order valence-electron chi connectivity index (χ0n) is 16.1. The molecule has 0 saturated heterocycles. The third-order valence-corrected chi connectivity index (χ3v) is 6.18. The number of nitrogens with zero attached hydrogens (tertiary/aromatic N) is 3. The molecule has 8 nitrogen and oxygen atoms in total. The van der Waals surface area contributed by atoms with Crippen molar-refractivity contribution in [1.82, 2.24) is 9.31 Å². The van der Waals surface area contributed by atoms with E-state index in [1.807, 2.05) is 30.3 Å². The highest BCUT2D eigenvalue weighted by atomic mass is 32.2. The summed E-state index contributed by atoms with van der Waals surface area (Å²) in [4.78, 5) is 24.5. The topological polar surface area (TPSA) is 96.3 Å². The molecule has 1 heterocycles. The van der Waals surface area contributed by atoms with Crippen LogP contribution in [0.3, 0.4) is 0 Å². The SMILES string of the molecule is CN(C)S(=O)(=O)c1cccc(C(=O)OCC(=O)N2CCC(c3ccccc3)=N2)c1. The Kier molecular flexibility index (Phi) is 6.09. The molecule has 0 fully saturated rings. The third-order valence-electron chi connectivity index (χ3n) is 4.37. The van der Waals surface area contributed by atoms with Crippen LogP contribution < -0.4 is 0 Å². The van der Waals surface area contributed by atoms with Crippen LogP contribution in [-0.4, -0.2) is 62.6 Å². The van der Waals surface area contributed by atoms with E-state index in [-0.39, 0.29) is 10.5 Å². The van der Waals surface area contributed by atoms with E-state index in [2.05, 4.69) is 5.10 Å². The Morgan fingerprint density at radius 2 is 1.83 bits per heavy atom. The Morgan fingerprint density at radius 1 is 1.10 bits per heavy atom. The minimum Gasteiger partial charge on any atom is -0.452 e. The number of rotatable bonds is 6. The minimum absolute atomic E-state index is 0.0278. The van der Waals surface area contributed by atoms with Gasteiger partial charge in [0.05, 0.1) is 22.7 Å². The monoisotopic (exact) mass is 415 g/mol. The van der Waals surface area contributed by atoms with E-state index >= 15 is 0 Å². The second-order valence-corrected chi connectivity index (χ2v) is 8.72. The van der Waals surface area contributed by atoms with Crippen LogP contribution in [0.25, 0.3) is 0 Å². The van der Waals surface area contributed by atoms with Gasteiger partial charge in [0.1, 0.15) is 0 Å². The fourth-order valence-electron chi connectivity index (χ4n) is 2.75. The summed E-state index contributed by atoms with van der Waals surface area (Å²) >= 11 is 0. The number of hydrogen-bond donors (Lipinski definition) is 0. The molecule has 1 amide bonds. The highest BCUT2D eigenvalue weighted by molar-refractivity contribution is 7.89. The van der Waals surface area contributed by atoms with Crippen LogP contribution in [0, 0.1) is 0 Å². The molecular weight excluding hydrogens is 394 g/mol. The van der Waals surface area contributed by atoms with Gasteiger partial charge in [0.15, 0.2) is 6.61 Å². The van der Waals surface area contributed by atoms with Crippen LogP contribution in [0.4, 0.5) is 0 Å². The molecule has 0 spiro atoms. The lowest BCUT2D eigenvalue weighted by atomic mass is 10.1. The lowest BCUT2D eigenvalue weighted by Gasteiger charge is -2.13. The maximum atomic E-state index is 12.3. The molecule has 29 heavy (non-hydrogen) atoms. The fraction of sp³-hybridized carbons (Fsp3) is 0.250. The first-order valence-corrected chi connectivity index (χ1v) is 10.4. The van der Waals surface area contributed by atoms with Gasteiger partial charge in [-0.05, 0) is 23.8 Å². The molecule has 9 heteroatoms. The smallest absolute Gasteiger partial charge is 0.338 e. The number of sulfonamides is 1. The molecule has 0 bridgehead atoms. The number of hydrazone groups is 1. The van der Waals surface area contributed by atoms with Gasteiger partial charge in [-0.1, -0.05) is 36.4 Å². The molecule has 0 N–H and O–H groups in total. The van der Waals surface area contributed by atoms with Gasteiger partial charge in [-0.25, -0.2) is 22.5 Å². The molecule has 1 aliphatic rings. The molecule has 0 aliphatic carbocycles. The predicted molar refractivity (Wildman–Crippen MR) is 107 cm³/mol. The molecule has 0 unspecified atom stereocenters. The van der Waals surface area contributed by atoms with Crippen LogP contribution in [0.5, 0.6) is 0 Å². The summed E-state index contributed by atoms with van der Waals surface area (Å²) in [6.07, 6.45) is 0.619. The standard InChI is InChI=1S/C20H21N3O5S/c1-22(2)29(26,27)17-10-6-9-16(13-17)20(25)28-14-19(24)23-12-11-18(21-23)15-7-4-3-5-8-15/h3-10,13H,11-12,14H2,1-2H3. The van der Waals surface area contributed by atoms with Gasteiger partial charge in [0, 0.05) is 20.5 Å². The first-order chi connectivity index (χ1) is 13.8. The highest BCUT2D eigenvalue weighted by Crippen LogP contribution is 2.16. The molecule has 2 aromatic carbocycles. The van der Waals surface area contributed by atoms with Crippen molar-refractivity contribution >= 4 is 27.6 Å². The normalized spacial score (nSPS) is 14.0. The zero-order chi connectivity index (χ0) is 21.0. The van der Waals surface area contributed by atoms with Gasteiger partial charge in [0.2, 0.25) is 10.0 Å². The van der Waals surface area contributed by atoms with Gasteiger partial charge in [-0.3, -0.25) is 4.79 Å². The maximum Gasteiger partial charge on any atom is 0.338 e. The van der Waals surface area contributed by atoms with Crippen molar-refractivity contribution in [2.24, 2.45) is 5.10 Å². The average molecular weight is 415 g/mol. The molecule has 0 saturated carbocycles. The summed E-state index contributed by atoms with van der Waals surface area (Å²) in [6.45, 7) is -0.0633. The molecular formula is C20H21N3O5S. The summed E-state index contributed by atoms with van der Waals surface area (Å²) in [5.74, 6) is -1.22. The van der Waals surface area contributed by atoms with Crippen molar-refractivity contribution in [1.29, 1.82) is 0 Å². The summed E-state index contributed by atoms with van der Waals surface area (Å²) in [6, 6.07) is 15.0. The molecule has 0 radical (unpaired) electrons. The largest absolute Gasteiger partial charge is 0.452 e. The summed E-state index contributed by atoms with van der Waals surface area (Å²) in [7, 11) is -0.873. The van der Waals surface area contributed by atoms with Crippen molar-refractivity contribution in [2.75, 3.05) is 27.2 Å². The van der Waals surface area contributed by atoms with Crippen LogP contribution in [0.2, 0.25) is 0 Å². The number of hydrogen-bond acceptors (Lipinski definition) is 6. The number of esters is 1. The van der Waals surface area contributed by atoms with Crippen LogP contribution in [0.15, 0.2) is 64.6 Å². The van der Waals surface area contributed by atoms with Crippen molar-refractivity contribution < 1.29 is 22.7 Å². The Morgan fingerprint density at radius 3 is 2.52 bits per heavy atom. The second-order valence-electron chi connectivity index (χ2n) is 6.57. The molecule has 1 aliphatic heterocycles. The van der Waals surface area contributed by atoms with E-state index in [4.69, 9.17) is 4.74 Å². The van der Waals surface area contributed by atoms with Gasteiger partial charge < -0.3 is 4.74 Å². The molecule has 0 aromatic heterocycles. The quantitative estimate of drug-likeness (QED) is 0.670. The highest BCUT2D eigenvalue weighted by Gasteiger charge is 2.23. The van der Waals surface area contributed by atoms with Crippen molar-refractivity contribution in [2.45, 2.75) is 11.3 Å². The first kappa shape index (κ1) is 20.7. The fourth-order valence-corrected chi connectivity index (χ4v) is 3.70. The van der Waals surface area contributed by atoms with Gasteiger partial charge in [0.25, 0.3) is 5.91 Å². The van der Waals surface area contributed by atoms with Crippen LogP contribution >= 0.6 is 0 Å². The van der Waals surface area contributed by atoms with Crippen LogP contribution in [0.1, 0.15) is 22.3 Å². The lowest BCUT2D eigenvalue weighted by molar-refractivity contribution is -0.134. The summed E-state index contributed by atoms with van der Waals surface area (Å²) < 4.78 is 30.5. The summed E-state index contributed by atoms with van der Waals surface area (Å²) in [5.41, 5.74) is 1.79. The van der Waals surface area contributed by atoms with E-state index < -0.39 is 28.5 Å². The average Bonchev–Trinajstić information content (AvgIpc) is 3.23. The van der Waals surface area contributed by atoms with Gasteiger partial charge in [-0.15, -0.1) is 0 Å². The van der Waals surface area contributed by atoms with Gasteiger partial charge in [-0.2, -0.15) is 5.10 Å². The minimum atomic E-state index is -3.68. The summed E-state index contributed by atoms with van der Waals surface area (Å²) in [5, 5.41) is 5.58.